The molecule has 0 bridgehead atoms. The molecule has 0 atom stereocenters. The van der Waals surface area contributed by atoms with Gasteiger partial charge in [-0.25, -0.2) is 4.68 Å². The standard InChI is InChI=1S/C14H23N3O/c1-12-10-14(18)17(16-11-12)9-5-8-15-13-6-3-2-4-7-13/h10-11,13,15H,2-9H2,1H3. The van der Waals surface area contributed by atoms with Crippen LogP contribution in [0.4, 0.5) is 0 Å². The largest absolute Gasteiger partial charge is 0.314 e. The van der Waals surface area contributed by atoms with Gasteiger partial charge in [0.25, 0.3) is 5.56 Å². The molecule has 18 heavy (non-hydrogen) atoms. The fourth-order valence-electron chi connectivity index (χ4n) is 2.53. The first-order chi connectivity index (χ1) is 8.75. The van der Waals surface area contributed by atoms with Crippen LogP contribution < -0.4 is 10.9 Å². The molecule has 1 aliphatic rings. The number of nitrogens with one attached hydrogen (secondary N) is 1. The number of hydrogen-bond donors (Lipinski definition) is 1. The molecule has 0 unspecified atom stereocenters. The zero-order valence-electron chi connectivity index (χ0n) is 11.2. The number of nitrogens with zero attached hydrogens (tertiary/aromatic N) is 2. The van der Waals surface area contributed by atoms with Gasteiger partial charge in [0.1, 0.15) is 0 Å². The molecule has 0 aliphatic heterocycles. The summed E-state index contributed by atoms with van der Waals surface area (Å²) >= 11 is 0. The van der Waals surface area contributed by atoms with Crippen LogP contribution in [0.3, 0.4) is 0 Å². The Balaban J connectivity index is 1.70. The van der Waals surface area contributed by atoms with Crippen LogP contribution >= 0.6 is 0 Å². The van der Waals surface area contributed by atoms with Crippen molar-refractivity contribution >= 4 is 0 Å². The molecule has 100 valence electrons. The molecule has 0 aromatic carbocycles. The van der Waals surface area contributed by atoms with Crippen molar-refractivity contribution in [3.05, 3.63) is 28.2 Å². The van der Waals surface area contributed by atoms with Crippen molar-refractivity contribution in [3.8, 4) is 0 Å². The lowest BCUT2D eigenvalue weighted by Crippen LogP contribution is -2.33. The highest BCUT2D eigenvalue weighted by Crippen LogP contribution is 2.17. The Morgan fingerprint density at radius 3 is 2.89 bits per heavy atom. The van der Waals surface area contributed by atoms with E-state index in [9.17, 15) is 4.79 Å². The molecule has 1 aromatic heterocycles. The van der Waals surface area contributed by atoms with Gasteiger partial charge in [-0.3, -0.25) is 4.79 Å². The molecule has 1 aliphatic carbocycles. The molecular formula is C14H23N3O. The summed E-state index contributed by atoms with van der Waals surface area (Å²) in [6.45, 7) is 3.58. The quantitative estimate of drug-likeness (QED) is 0.810. The second-order valence-electron chi connectivity index (χ2n) is 5.24. The van der Waals surface area contributed by atoms with Crippen molar-refractivity contribution in [3.63, 3.8) is 0 Å². The molecule has 0 saturated heterocycles. The van der Waals surface area contributed by atoms with Gasteiger partial charge >= 0.3 is 0 Å². The summed E-state index contributed by atoms with van der Waals surface area (Å²) in [6.07, 6.45) is 9.43. The predicted octanol–water partition coefficient (Wildman–Crippen LogP) is 1.86. The maximum Gasteiger partial charge on any atom is 0.266 e. The molecule has 1 N–H and O–H groups in total. The number of aryl methyl sites for hydroxylation is 2. The van der Waals surface area contributed by atoms with Crippen molar-refractivity contribution < 1.29 is 0 Å². The molecule has 0 amide bonds. The van der Waals surface area contributed by atoms with Gasteiger partial charge in [0.15, 0.2) is 0 Å². The molecule has 1 saturated carbocycles. The van der Waals surface area contributed by atoms with Crippen molar-refractivity contribution in [1.29, 1.82) is 0 Å². The first-order valence-corrected chi connectivity index (χ1v) is 7.03. The van der Waals surface area contributed by atoms with Gasteiger partial charge < -0.3 is 5.32 Å². The van der Waals surface area contributed by atoms with Crippen LogP contribution in [0.15, 0.2) is 17.1 Å². The van der Waals surface area contributed by atoms with E-state index in [1.807, 2.05) is 6.92 Å². The second kappa shape index (κ2) is 6.69. The maximum absolute atomic E-state index is 11.6. The highest BCUT2D eigenvalue weighted by molar-refractivity contribution is 5.02. The molecule has 0 radical (unpaired) electrons. The van der Waals surface area contributed by atoms with Gasteiger partial charge in [0.05, 0.1) is 6.20 Å². The summed E-state index contributed by atoms with van der Waals surface area (Å²) in [6, 6.07) is 2.34. The van der Waals surface area contributed by atoms with Gasteiger partial charge in [-0.05, 0) is 38.3 Å². The van der Waals surface area contributed by atoms with Gasteiger partial charge in [-0.1, -0.05) is 19.3 Å². The van der Waals surface area contributed by atoms with E-state index >= 15 is 0 Å². The topological polar surface area (TPSA) is 46.9 Å². The predicted molar refractivity (Wildman–Crippen MR) is 72.7 cm³/mol. The monoisotopic (exact) mass is 249 g/mol. The van der Waals surface area contributed by atoms with E-state index in [0.717, 1.165) is 18.5 Å². The maximum atomic E-state index is 11.6. The minimum atomic E-state index is 0.00710. The molecule has 2 rings (SSSR count). The van der Waals surface area contributed by atoms with E-state index in [2.05, 4.69) is 10.4 Å². The van der Waals surface area contributed by atoms with Gasteiger partial charge in [0, 0.05) is 18.7 Å². The molecular weight excluding hydrogens is 226 g/mol. The Hall–Kier alpha value is -1.16. The Labute approximate surface area is 108 Å². The lowest BCUT2D eigenvalue weighted by atomic mass is 9.95. The summed E-state index contributed by atoms with van der Waals surface area (Å²) in [5.41, 5.74) is 0.934. The van der Waals surface area contributed by atoms with E-state index < -0.39 is 0 Å². The molecule has 1 heterocycles. The number of aromatic nitrogens is 2. The molecule has 1 aromatic rings. The molecule has 1 fully saturated rings. The summed E-state index contributed by atoms with van der Waals surface area (Å²) in [7, 11) is 0. The fraction of sp³-hybridized carbons (Fsp3) is 0.714. The van der Waals surface area contributed by atoms with Crippen molar-refractivity contribution in [2.45, 2.75) is 58.0 Å². The van der Waals surface area contributed by atoms with E-state index in [0.29, 0.717) is 12.6 Å². The van der Waals surface area contributed by atoms with Crippen LogP contribution in [-0.4, -0.2) is 22.4 Å². The van der Waals surface area contributed by atoms with Crippen LogP contribution in [0.1, 0.15) is 44.1 Å². The van der Waals surface area contributed by atoms with E-state index in [1.165, 1.54) is 32.1 Å². The number of rotatable bonds is 5. The lowest BCUT2D eigenvalue weighted by molar-refractivity contribution is 0.366. The third-order valence-corrected chi connectivity index (χ3v) is 3.59. The fourth-order valence-corrected chi connectivity index (χ4v) is 2.53. The summed E-state index contributed by atoms with van der Waals surface area (Å²) in [5, 5.41) is 7.72. The van der Waals surface area contributed by atoms with E-state index in [1.54, 1.807) is 16.9 Å². The first-order valence-electron chi connectivity index (χ1n) is 7.03. The normalized spacial score (nSPS) is 16.9. The number of hydrogen-bond acceptors (Lipinski definition) is 3. The third kappa shape index (κ3) is 3.95. The minimum Gasteiger partial charge on any atom is -0.314 e. The van der Waals surface area contributed by atoms with Crippen molar-refractivity contribution in [2.24, 2.45) is 0 Å². The van der Waals surface area contributed by atoms with Crippen molar-refractivity contribution in [2.75, 3.05) is 6.54 Å². The molecule has 0 spiro atoms. The average molecular weight is 249 g/mol. The van der Waals surface area contributed by atoms with Crippen LogP contribution in [0.2, 0.25) is 0 Å². The van der Waals surface area contributed by atoms with Crippen LogP contribution in [0.5, 0.6) is 0 Å². The Morgan fingerprint density at radius 2 is 2.17 bits per heavy atom. The molecule has 4 nitrogen and oxygen atoms in total. The van der Waals surface area contributed by atoms with Gasteiger partial charge in [-0.15, -0.1) is 0 Å². The smallest absolute Gasteiger partial charge is 0.266 e. The minimum absolute atomic E-state index is 0.00710. The zero-order chi connectivity index (χ0) is 12.8. The van der Waals surface area contributed by atoms with Crippen LogP contribution in [-0.2, 0) is 6.54 Å². The van der Waals surface area contributed by atoms with Gasteiger partial charge in [-0.2, -0.15) is 5.10 Å². The Kier molecular flexibility index (Phi) is 4.93. The Bertz CT molecular complexity index is 421. The Morgan fingerprint density at radius 1 is 1.39 bits per heavy atom. The SMILES string of the molecule is Cc1cnn(CCCNC2CCCCC2)c(=O)c1. The highest BCUT2D eigenvalue weighted by Gasteiger charge is 2.11. The lowest BCUT2D eigenvalue weighted by Gasteiger charge is -2.22. The highest BCUT2D eigenvalue weighted by atomic mass is 16.1. The zero-order valence-corrected chi connectivity index (χ0v) is 11.2. The first kappa shape index (κ1) is 13.3. The third-order valence-electron chi connectivity index (χ3n) is 3.59. The second-order valence-corrected chi connectivity index (χ2v) is 5.24. The molecule has 4 heteroatoms. The van der Waals surface area contributed by atoms with Crippen molar-refractivity contribution in [1.82, 2.24) is 15.1 Å². The summed E-state index contributed by atoms with van der Waals surface area (Å²) < 4.78 is 1.55. The summed E-state index contributed by atoms with van der Waals surface area (Å²) in [5.74, 6) is 0. The summed E-state index contributed by atoms with van der Waals surface area (Å²) in [4.78, 5) is 11.6. The van der Waals surface area contributed by atoms with E-state index in [-0.39, 0.29) is 5.56 Å². The van der Waals surface area contributed by atoms with Crippen LogP contribution in [0, 0.1) is 6.92 Å². The van der Waals surface area contributed by atoms with Gasteiger partial charge in [0.2, 0.25) is 0 Å². The van der Waals surface area contributed by atoms with Crippen LogP contribution in [0.25, 0.3) is 0 Å². The average Bonchev–Trinajstić information content (AvgIpc) is 2.38. The van der Waals surface area contributed by atoms with E-state index in [4.69, 9.17) is 0 Å².